The van der Waals surface area contributed by atoms with Crippen LogP contribution in [0.15, 0.2) is 48.5 Å². The van der Waals surface area contributed by atoms with E-state index in [1.54, 1.807) is 18.2 Å². The first-order valence-corrected chi connectivity index (χ1v) is 7.01. The minimum absolute atomic E-state index is 0.0619. The predicted molar refractivity (Wildman–Crippen MR) is 82.6 cm³/mol. The van der Waals surface area contributed by atoms with Crippen LogP contribution >= 0.6 is 0 Å². The molecule has 2 rings (SSSR count). The van der Waals surface area contributed by atoms with Gasteiger partial charge < -0.3 is 15.1 Å². The van der Waals surface area contributed by atoms with Crippen molar-refractivity contribution in [3.05, 3.63) is 54.1 Å². The van der Waals surface area contributed by atoms with Crippen LogP contribution in [0.25, 0.3) is 0 Å². The topological polar surface area (TPSA) is 43.7 Å². The van der Waals surface area contributed by atoms with Crippen LogP contribution in [0, 0.1) is 0 Å². The van der Waals surface area contributed by atoms with Crippen LogP contribution in [-0.2, 0) is 6.42 Å². The highest BCUT2D eigenvalue weighted by atomic mass is 16.3. The summed E-state index contributed by atoms with van der Waals surface area (Å²) in [4.78, 5) is 2.00. The Morgan fingerprint density at radius 2 is 1.75 bits per heavy atom. The standard InChI is InChI=1S/C17H21NO2/c1-2-4-14-7-9-15(10-8-14)18(11-12-19)16-5-3-6-17(20)13-16/h3,5-10,13,19-20H,2,4,11-12H2,1H3. The Kier molecular flexibility index (Phi) is 5.02. The maximum absolute atomic E-state index is 9.60. The lowest BCUT2D eigenvalue weighted by molar-refractivity contribution is 0.305. The summed E-state index contributed by atoms with van der Waals surface area (Å²) < 4.78 is 0. The Bertz CT molecular complexity index is 537. The molecular weight excluding hydrogens is 250 g/mol. The van der Waals surface area contributed by atoms with E-state index in [1.807, 2.05) is 11.0 Å². The van der Waals surface area contributed by atoms with E-state index in [0.29, 0.717) is 6.54 Å². The third-order valence-electron chi connectivity index (χ3n) is 3.25. The number of phenolic OH excluding ortho intramolecular Hbond substituents is 1. The number of aryl methyl sites for hydroxylation is 1. The molecular formula is C17H21NO2. The molecule has 20 heavy (non-hydrogen) atoms. The molecule has 0 bridgehead atoms. The van der Waals surface area contributed by atoms with Gasteiger partial charge in [0.05, 0.1) is 6.61 Å². The first-order valence-electron chi connectivity index (χ1n) is 7.01. The molecule has 2 N–H and O–H groups in total. The van der Waals surface area contributed by atoms with Gasteiger partial charge in [-0.25, -0.2) is 0 Å². The summed E-state index contributed by atoms with van der Waals surface area (Å²) in [6.07, 6.45) is 2.21. The first kappa shape index (κ1) is 14.4. The van der Waals surface area contributed by atoms with Crippen molar-refractivity contribution in [3.63, 3.8) is 0 Å². The molecule has 3 heteroatoms. The molecule has 106 valence electrons. The van der Waals surface area contributed by atoms with Crippen LogP contribution in [0.1, 0.15) is 18.9 Å². The number of phenols is 1. The molecule has 3 nitrogen and oxygen atoms in total. The molecule has 0 aliphatic heterocycles. The predicted octanol–water partition coefficient (Wildman–Crippen LogP) is 3.48. The lowest BCUT2D eigenvalue weighted by atomic mass is 10.1. The van der Waals surface area contributed by atoms with Crippen molar-refractivity contribution in [2.75, 3.05) is 18.1 Å². The second-order valence-electron chi connectivity index (χ2n) is 4.81. The van der Waals surface area contributed by atoms with Crippen molar-refractivity contribution in [3.8, 4) is 5.75 Å². The van der Waals surface area contributed by atoms with Crippen LogP contribution in [0.2, 0.25) is 0 Å². The summed E-state index contributed by atoms with van der Waals surface area (Å²) in [6.45, 7) is 2.72. The van der Waals surface area contributed by atoms with E-state index in [2.05, 4.69) is 31.2 Å². The zero-order chi connectivity index (χ0) is 14.4. The number of rotatable bonds is 6. The third-order valence-corrected chi connectivity index (χ3v) is 3.25. The minimum atomic E-state index is 0.0619. The smallest absolute Gasteiger partial charge is 0.117 e. The molecule has 0 atom stereocenters. The van der Waals surface area contributed by atoms with Crippen LogP contribution in [0.3, 0.4) is 0 Å². The highest BCUT2D eigenvalue weighted by Gasteiger charge is 2.09. The number of aliphatic hydroxyl groups excluding tert-OH is 1. The van der Waals surface area contributed by atoms with Gasteiger partial charge in [0.1, 0.15) is 5.75 Å². The Morgan fingerprint density at radius 3 is 2.35 bits per heavy atom. The van der Waals surface area contributed by atoms with Crippen LogP contribution in [0.5, 0.6) is 5.75 Å². The van der Waals surface area contributed by atoms with Crippen molar-refractivity contribution < 1.29 is 10.2 Å². The highest BCUT2D eigenvalue weighted by molar-refractivity contribution is 5.64. The van der Waals surface area contributed by atoms with Gasteiger partial charge in [-0.15, -0.1) is 0 Å². The molecule has 0 saturated heterocycles. The van der Waals surface area contributed by atoms with Crippen molar-refractivity contribution >= 4 is 11.4 Å². The second-order valence-corrected chi connectivity index (χ2v) is 4.81. The fraction of sp³-hybridized carbons (Fsp3) is 0.294. The largest absolute Gasteiger partial charge is 0.508 e. The van der Waals surface area contributed by atoms with Gasteiger partial charge in [0.15, 0.2) is 0 Å². The van der Waals surface area contributed by atoms with Gasteiger partial charge in [-0.2, -0.15) is 0 Å². The maximum atomic E-state index is 9.60. The fourth-order valence-corrected chi connectivity index (χ4v) is 2.30. The first-order chi connectivity index (χ1) is 9.74. The fourth-order valence-electron chi connectivity index (χ4n) is 2.30. The van der Waals surface area contributed by atoms with E-state index in [4.69, 9.17) is 0 Å². The summed E-state index contributed by atoms with van der Waals surface area (Å²) >= 11 is 0. The zero-order valence-electron chi connectivity index (χ0n) is 11.8. The number of aliphatic hydroxyl groups is 1. The molecule has 0 unspecified atom stereocenters. The monoisotopic (exact) mass is 271 g/mol. The molecule has 0 radical (unpaired) electrons. The second kappa shape index (κ2) is 6.96. The average molecular weight is 271 g/mol. The van der Waals surface area contributed by atoms with E-state index < -0.39 is 0 Å². The molecule has 0 fully saturated rings. The third kappa shape index (κ3) is 3.52. The van der Waals surface area contributed by atoms with Gasteiger partial charge in [0.2, 0.25) is 0 Å². The number of hydrogen-bond donors (Lipinski definition) is 2. The van der Waals surface area contributed by atoms with E-state index in [9.17, 15) is 10.2 Å². The highest BCUT2D eigenvalue weighted by Crippen LogP contribution is 2.28. The van der Waals surface area contributed by atoms with Crippen molar-refractivity contribution in [2.24, 2.45) is 0 Å². The zero-order valence-corrected chi connectivity index (χ0v) is 11.8. The molecule has 0 saturated carbocycles. The summed E-state index contributed by atoms with van der Waals surface area (Å²) in [5, 5.41) is 18.9. The number of hydrogen-bond acceptors (Lipinski definition) is 3. The van der Waals surface area contributed by atoms with Crippen molar-refractivity contribution in [1.82, 2.24) is 0 Å². The van der Waals surface area contributed by atoms with Crippen LogP contribution < -0.4 is 4.90 Å². The van der Waals surface area contributed by atoms with Gasteiger partial charge in [-0.05, 0) is 36.2 Å². The summed E-state index contributed by atoms with van der Waals surface area (Å²) in [7, 11) is 0. The molecule has 0 amide bonds. The average Bonchev–Trinajstić information content (AvgIpc) is 2.46. The Labute approximate surface area is 120 Å². The number of nitrogens with zero attached hydrogens (tertiary/aromatic N) is 1. The lowest BCUT2D eigenvalue weighted by Crippen LogP contribution is -2.20. The normalized spacial score (nSPS) is 10.5. The molecule has 2 aromatic carbocycles. The Hall–Kier alpha value is -2.00. The maximum Gasteiger partial charge on any atom is 0.117 e. The number of benzene rings is 2. The van der Waals surface area contributed by atoms with Gasteiger partial charge in [-0.3, -0.25) is 0 Å². The molecule has 0 heterocycles. The van der Waals surface area contributed by atoms with Crippen LogP contribution in [-0.4, -0.2) is 23.4 Å². The van der Waals surface area contributed by atoms with Crippen LogP contribution in [0.4, 0.5) is 11.4 Å². The van der Waals surface area contributed by atoms with Gasteiger partial charge in [0, 0.05) is 24.0 Å². The lowest BCUT2D eigenvalue weighted by Gasteiger charge is -2.24. The van der Waals surface area contributed by atoms with Crippen molar-refractivity contribution in [2.45, 2.75) is 19.8 Å². The summed E-state index contributed by atoms with van der Waals surface area (Å²) in [5.74, 6) is 0.230. The van der Waals surface area contributed by atoms with E-state index in [0.717, 1.165) is 24.2 Å². The van der Waals surface area contributed by atoms with Gasteiger partial charge in [0.25, 0.3) is 0 Å². The van der Waals surface area contributed by atoms with E-state index in [1.165, 1.54) is 5.56 Å². The van der Waals surface area contributed by atoms with Gasteiger partial charge in [-0.1, -0.05) is 31.5 Å². The quantitative estimate of drug-likeness (QED) is 0.845. The van der Waals surface area contributed by atoms with E-state index in [-0.39, 0.29) is 12.4 Å². The number of anilines is 2. The van der Waals surface area contributed by atoms with Crippen molar-refractivity contribution in [1.29, 1.82) is 0 Å². The van der Waals surface area contributed by atoms with E-state index >= 15 is 0 Å². The molecule has 2 aromatic rings. The minimum Gasteiger partial charge on any atom is -0.508 e. The molecule has 0 aliphatic carbocycles. The molecule has 0 spiro atoms. The number of aromatic hydroxyl groups is 1. The summed E-state index contributed by atoms with van der Waals surface area (Å²) in [6, 6.07) is 15.4. The molecule has 0 aromatic heterocycles. The van der Waals surface area contributed by atoms with Gasteiger partial charge >= 0.3 is 0 Å². The summed E-state index contributed by atoms with van der Waals surface area (Å²) in [5.41, 5.74) is 3.21. The Balaban J connectivity index is 2.28. The molecule has 0 aliphatic rings. The Morgan fingerprint density at radius 1 is 1.00 bits per heavy atom. The SMILES string of the molecule is CCCc1ccc(N(CCO)c2cccc(O)c2)cc1.